The Hall–Kier alpha value is -12.4. The van der Waals surface area contributed by atoms with E-state index in [1.807, 2.05) is 36.4 Å². The van der Waals surface area contributed by atoms with Crippen molar-refractivity contribution < 1.29 is 18.1 Å². The lowest BCUT2D eigenvalue weighted by molar-refractivity contribution is 0.00578. The monoisotopic (exact) mass is 1500 g/mol. The highest BCUT2D eigenvalue weighted by Crippen LogP contribution is 2.71. The van der Waals surface area contributed by atoms with Crippen molar-refractivity contribution in [3.05, 3.63) is 457 Å². The second kappa shape index (κ2) is 23.8. The standard InChI is InChI=1S/C50H30O.C44H35BO2.C12H7BrO/c1-6-20-39-33(14-1)34-15-2-7-21-40(34)49(39)43-24-10-11-25-44(43)50(41-22-8-3-16-35(41)36-17-4-9-23-42(36)50)48-32(19-13-26-45(48)49)31-28-29-47-38(30-31)37-18-5-12-27-46(37)51-47;1-41(2)42(3,4)47-45(46-41)39-27-15-26-38-40(39)44(34-22-11-7-18-30(34)31-19-8-12-23-35(31)44)37-25-14-13-24-36(37)43(38)32-20-9-5-16-28(32)29-17-6-10-21-33(29)43;13-8-5-6-12-10(7-8)9-3-1-2-4-11(9)14-12/h1-30H;5-27H,1-4H3;1-7H. The Bertz CT molecular complexity index is 6850. The van der Waals surface area contributed by atoms with E-state index in [2.05, 4.69) is 371 Å². The van der Waals surface area contributed by atoms with E-state index in [1.165, 1.54) is 150 Å². The van der Waals surface area contributed by atoms with Crippen LogP contribution in [0.3, 0.4) is 0 Å². The van der Waals surface area contributed by atoms with Crippen LogP contribution in [0.4, 0.5) is 0 Å². The molecule has 0 unspecified atom stereocenters. The molecule has 0 N–H and O–H groups in total. The minimum atomic E-state index is -0.572. The van der Waals surface area contributed by atoms with Gasteiger partial charge in [0.25, 0.3) is 0 Å². The molecule has 7 aliphatic rings. The summed E-state index contributed by atoms with van der Waals surface area (Å²) in [5.74, 6) is 0. The van der Waals surface area contributed by atoms with E-state index in [0.29, 0.717) is 0 Å². The quantitative estimate of drug-likeness (QED) is 0.162. The van der Waals surface area contributed by atoms with Crippen LogP contribution in [-0.2, 0) is 31.0 Å². The lowest BCUT2D eigenvalue weighted by atomic mass is 9.49. The third kappa shape index (κ3) is 8.43. The molecule has 0 amide bonds. The number of hydrogen-bond donors (Lipinski definition) is 0. The van der Waals surface area contributed by atoms with Gasteiger partial charge in [-0.15, -0.1) is 0 Å². The van der Waals surface area contributed by atoms with Gasteiger partial charge in [-0.25, -0.2) is 0 Å². The maximum atomic E-state index is 6.95. The Morgan fingerprint density at radius 3 is 0.902 bits per heavy atom. The SMILES string of the molecule is Brc1ccc2oc3ccccc3c2c1.CC1(C)OB(c2cccc3c2C2(c4ccccc4-c4ccccc42)c2ccccc2C32c3ccccc3-c3ccccc32)OC1(C)C.c1ccc2c(c1)-c1ccccc1C21c2ccccc2C2(c3ccccc3-c3ccccc32)c2c(-c3ccc4oc5ccccc5c4c3)cccc21. The molecule has 16 aromatic carbocycles. The van der Waals surface area contributed by atoms with Crippen molar-refractivity contribution in [1.82, 2.24) is 0 Å². The summed E-state index contributed by atoms with van der Waals surface area (Å²) in [5.41, 5.74) is 35.9. The van der Waals surface area contributed by atoms with Crippen LogP contribution < -0.4 is 5.46 Å². The summed E-state index contributed by atoms with van der Waals surface area (Å²) in [5, 5.41) is 4.62. The number of halogens is 1. The molecule has 25 rings (SSSR count). The molecule has 2 aromatic heterocycles. The van der Waals surface area contributed by atoms with Gasteiger partial charge < -0.3 is 18.1 Å². The predicted molar refractivity (Wildman–Crippen MR) is 459 cm³/mol. The molecule has 0 atom stereocenters. The lowest BCUT2D eigenvalue weighted by Gasteiger charge is -2.49. The lowest BCUT2D eigenvalue weighted by Crippen LogP contribution is -2.50. The van der Waals surface area contributed by atoms with E-state index >= 15 is 0 Å². The van der Waals surface area contributed by atoms with Gasteiger partial charge in [-0.3, -0.25) is 0 Å². The minimum absolute atomic E-state index is 0.476. The fourth-order valence-electron chi connectivity index (χ4n) is 21.6. The first-order chi connectivity index (χ1) is 55.0. The molecule has 530 valence electrons. The van der Waals surface area contributed by atoms with Gasteiger partial charge in [0.15, 0.2) is 0 Å². The number of fused-ring (bicyclic) bond motifs is 38. The molecule has 1 aliphatic heterocycles. The van der Waals surface area contributed by atoms with Crippen LogP contribution in [0, 0.1) is 0 Å². The predicted octanol–water partition coefficient (Wildman–Crippen LogP) is 25.7. The summed E-state index contributed by atoms with van der Waals surface area (Å²) in [7, 11) is -0.527. The fourth-order valence-corrected chi connectivity index (χ4v) is 22.0. The first-order valence-corrected chi connectivity index (χ1v) is 39.9. The maximum Gasteiger partial charge on any atom is 0.495 e. The Kier molecular flexibility index (Phi) is 13.9. The third-order valence-corrected chi connectivity index (χ3v) is 27.0. The van der Waals surface area contributed by atoms with E-state index in [0.717, 1.165) is 48.4 Å². The van der Waals surface area contributed by atoms with Crippen molar-refractivity contribution in [1.29, 1.82) is 0 Å². The van der Waals surface area contributed by atoms with Crippen LogP contribution in [-0.4, -0.2) is 18.3 Å². The number of para-hydroxylation sites is 2. The fraction of sp³-hybridized carbons (Fsp3) is 0.0943. The smallest absolute Gasteiger partial charge is 0.456 e. The second-order valence-corrected chi connectivity index (χ2v) is 33.0. The number of rotatable bonds is 2. The maximum absolute atomic E-state index is 6.95. The van der Waals surface area contributed by atoms with E-state index in [1.54, 1.807) is 0 Å². The first-order valence-electron chi connectivity index (χ1n) is 39.1. The van der Waals surface area contributed by atoms with Gasteiger partial charge in [0, 0.05) is 26.0 Å². The highest BCUT2D eigenvalue weighted by molar-refractivity contribution is 9.10. The molecule has 6 heteroatoms. The van der Waals surface area contributed by atoms with Crippen LogP contribution >= 0.6 is 15.9 Å². The van der Waals surface area contributed by atoms with Crippen molar-refractivity contribution in [2.24, 2.45) is 0 Å². The summed E-state index contributed by atoms with van der Waals surface area (Å²) >= 11 is 3.46. The molecule has 4 nitrogen and oxygen atoms in total. The molecule has 1 fully saturated rings. The summed E-state index contributed by atoms with van der Waals surface area (Å²) in [4.78, 5) is 0. The zero-order chi connectivity index (χ0) is 74.6. The zero-order valence-corrected chi connectivity index (χ0v) is 63.8. The van der Waals surface area contributed by atoms with Gasteiger partial charge in [-0.05, 0) is 220 Å². The summed E-state index contributed by atoms with van der Waals surface area (Å²) in [6.07, 6.45) is 0. The van der Waals surface area contributed by atoms with Crippen molar-refractivity contribution >= 4 is 72.4 Å². The van der Waals surface area contributed by atoms with Crippen LogP contribution in [0.5, 0.6) is 0 Å². The van der Waals surface area contributed by atoms with E-state index in [9.17, 15) is 0 Å². The second-order valence-electron chi connectivity index (χ2n) is 32.1. The van der Waals surface area contributed by atoms with Crippen LogP contribution in [0.2, 0.25) is 0 Å². The van der Waals surface area contributed by atoms with Crippen molar-refractivity contribution in [3.8, 4) is 55.6 Å². The van der Waals surface area contributed by atoms with Gasteiger partial charge in [-0.2, -0.15) is 0 Å². The molecular weight excluding hydrogens is 1430 g/mol. The summed E-state index contributed by atoms with van der Waals surface area (Å²) in [6, 6.07) is 134. The number of furan rings is 2. The van der Waals surface area contributed by atoms with E-state index in [-0.39, 0.29) is 0 Å². The molecule has 0 radical (unpaired) electrons. The van der Waals surface area contributed by atoms with Crippen LogP contribution in [0.15, 0.2) is 377 Å². The highest BCUT2D eigenvalue weighted by atomic mass is 79.9. The largest absolute Gasteiger partial charge is 0.495 e. The Morgan fingerprint density at radius 2 is 0.500 bits per heavy atom. The Balaban J connectivity index is 0.000000114. The van der Waals surface area contributed by atoms with E-state index in [4.69, 9.17) is 18.1 Å². The normalized spacial score (nSPS) is 16.2. The van der Waals surface area contributed by atoms with Crippen molar-refractivity contribution in [2.45, 2.75) is 60.6 Å². The summed E-state index contributed by atoms with van der Waals surface area (Å²) in [6.45, 7) is 8.61. The summed E-state index contributed by atoms with van der Waals surface area (Å²) < 4.78 is 27.0. The molecular formula is C106H72BBrO4. The Morgan fingerprint density at radius 1 is 0.223 bits per heavy atom. The first kappa shape index (κ1) is 65.5. The van der Waals surface area contributed by atoms with Crippen LogP contribution in [0.25, 0.3) is 99.5 Å². The van der Waals surface area contributed by atoms with Gasteiger partial charge in [0.2, 0.25) is 0 Å². The zero-order valence-electron chi connectivity index (χ0n) is 62.2. The minimum Gasteiger partial charge on any atom is -0.456 e. The topological polar surface area (TPSA) is 44.7 Å². The number of benzene rings is 16. The van der Waals surface area contributed by atoms with Crippen molar-refractivity contribution in [2.75, 3.05) is 0 Å². The average molecular weight is 1500 g/mol. The Labute approximate surface area is 659 Å². The molecule has 1 saturated heterocycles. The van der Waals surface area contributed by atoms with Gasteiger partial charge in [0.05, 0.1) is 32.9 Å². The third-order valence-electron chi connectivity index (χ3n) is 26.5. The van der Waals surface area contributed by atoms with Crippen molar-refractivity contribution in [3.63, 3.8) is 0 Å². The molecule has 112 heavy (non-hydrogen) atoms. The number of hydrogen-bond acceptors (Lipinski definition) is 4. The molecule has 0 saturated carbocycles. The van der Waals surface area contributed by atoms with E-state index < -0.39 is 40.0 Å². The highest BCUT2D eigenvalue weighted by Gasteiger charge is 2.63. The average Bonchev–Trinajstić information content (AvgIpc) is 1.45. The van der Waals surface area contributed by atoms with Gasteiger partial charge in [-0.1, -0.05) is 337 Å². The molecule has 0 bridgehead atoms. The molecule has 4 spiro atoms. The molecule has 6 aliphatic carbocycles. The van der Waals surface area contributed by atoms with Gasteiger partial charge in [0.1, 0.15) is 22.3 Å². The van der Waals surface area contributed by atoms with Gasteiger partial charge >= 0.3 is 7.12 Å². The molecule has 3 heterocycles. The molecule has 18 aromatic rings. The van der Waals surface area contributed by atoms with Crippen LogP contribution in [0.1, 0.15) is 117 Å².